The largest absolute Gasteiger partial charge is 0.359 e. The Morgan fingerprint density at radius 3 is 2.65 bits per heavy atom. The van der Waals surface area contributed by atoms with E-state index in [1.54, 1.807) is 6.07 Å². The second kappa shape index (κ2) is 3.17. The third-order valence-electron chi connectivity index (χ3n) is 3.65. The van der Waals surface area contributed by atoms with Gasteiger partial charge >= 0.3 is 0 Å². The van der Waals surface area contributed by atoms with Gasteiger partial charge in [0.25, 0.3) is 0 Å². The first kappa shape index (κ1) is 9.37. The second-order valence-corrected chi connectivity index (χ2v) is 4.70. The summed E-state index contributed by atoms with van der Waals surface area (Å²) in [5, 5.41) is 0. The second-order valence-electron chi connectivity index (χ2n) is 4.70. The fourth-order valence-electron chi connectivity index (χ4n) is 2.75. The van der Waals surface area contributed by atoms with Gasteiger partial charge in [-0.05, 0) is 40.8 Å². The number of rotatable bonds is 0. The molecule has 4 rings (SSSR count). The number of hydrogen-bond donors (Lipinski definition) is 0. The van der Waals surface area contributed by atoms with E-state index in [2.05, 4.69) is 12.1 Å². The van der Waals surface area contributed by atoms with E-state index in [0.717, 1.165) is 12.0 Å². The summed E-state index contributed by atoms with van der Waals surface area (Å²) in [4.78, 5) is 0. The molecule has 2 aliphatic rings. The maximum Gasteiger partial charge on any atom is 0.123 e. The number of hydrogen-bond acceptors (Lipinski definition) is 1. The quantitative estimate of drug-likeness (QED) is 0.626. The molecule has 1 aliphatic heterocycles. The van der Waals surface area contributed by atoms with Crippen molar-refractivity contribution in [3.05, 3.63) is 70.5 Å². The van der Waals surface area contributed by atoms with Crippen LogP contribution in [0.25, 0.3) is 0 Å². The van der Waals surface area contributed by atoms with Crippen molar-refractivity contribution in [1.29, 1.82) is 0 Å². The van der Waals surface area contributed by atoms with Crippen LogP contribution in [0.3, 0.4) is 0 Å². The van der Waals surface area contributed by atoms with Gasteiger partial charge in [0, 0.05) is 0 Å². The molecule has 2 aromatic rings. The van der Waals surface area contributed by atoms with Crippen LogP contribution in [-0.4, -0.2) is 0 Å². The summed E-state index contributed by atoms with van der Waals surface area (Å²) in [6, 6.07) is 13.4. The van der Waals surface area contributed by atoms with E-state index in [9.17, 15) is 4.39 Å². The molecule has 84 valence electrons. The molecule has 0 aromatic heterocycles. The van der Waals surface area contributed by atoms with Crippen molar-refractivity contribution in [3.8, 4) is 0 Å². The van der Waals surface area contributed by atoms with Crippen LogP contribution in [0.1, 0.15) is 34.5 Å². The van der Waals surface area contributed by atoms with E-state index in [-0.39, 0.29) is 18.0 Å². The summed E-state index contributed by atoms with van der Waals surface area (Å²) in [6.07, 6.45) is 1.07. The molecule has 1 nitrogen and oxygen atoms in total. The summed E-state index contributed by atoms with van der Waals surface area (Å²) in [5.41, 5.74) is 4.76. The molecular weight excluding hydrogens is 215 g/mol. The smallest absolute Gasteiger partial charge is 0.123 e. The van der Waals surface area contributed by atoms with Gasteiger partial charge in [0.05, 0.1) is 0 Å². The minimum absolute atomic E-state index is 0.0596. The van der Waals surface area contributed by atoms with Crippen LogP contribution in [0.5, 0.6) is 0 Å². The third-order valence-corrected chi connectivity index (χ3v) is 3.65. The molecule has 2 aromatic carbocycles. The van der Waals surface area contributed by atoms with E-state index in [0.29, 0.717) is 0 Å². The topological polar surface area (TPSA) is 12.5 Å². The molecule has 1 aliphatic carbocycles. The van der Waals surface area contributed by atoms with Crippen molar-refractivity contribution in [2.24, 2.45) is 0 Å². The summed E-state index contributed by atoms with van der Waals surface area (Å²) >= 11 is 0. The van der Waals surface area contributed by atoms with Crippen LogP contribution in [0.2, 0.25) is 0 Å². The fourth-order valence-corrected chi connectivity index (χ4v) is 2.75. The van der Waals surface area contributed by atoms with E-state index < -0.39 is 0 Å². The normalized spacial score (nSPS) is 24.3. The standard InChI is InChI=1S/C15H11FO/c16-11-6-5-10-7-9-3-1-2-4-12(9)14-15(17-14)13(10)8-11/h1-6,8,14-15H,7H2/t14-,15-/m1/s1. The van der Waals surface area contributed by atoms with Crippen LogP contribution in [0.15, 0.2) is 42.5 Å². The van der Waals surface area contributed by atoms with Gasteiger partial charge in [-0.1, -0.05) is 30.3 Å². The lowest BCUT2D eigenvalue weighted by atomic mass is 10.00. The van der Waals surface area contributed by atoms with Crippen LogP contribution in [0, 0.1) is 5.82 Å². The van der Waals surface area contributed by atoms with Crippen molar-refractivity contribution in [1.82, 2.24) is 0 Å². The zero-order valence-corrected chi connectivity index (χ0v) is 9.19. The lowest BCUT2D eigenvalue weighted by Crippen LogP contribution is -1.95. The molecule has 1 heterocycles. The molecule has 17 heavy (non-hydrogen) atoms. The molecular formula is C15H11FO. The predicted molar refractivity (Wildman–Crippen MR) is 62.2 cm³/mol. The fraction of sp³-hybridized carbons (Fsp3) is 0.200. The number of ether oxygens (including phenoxy) is 1. The van der Waals surface area contributed by atoms with Crippen LogP contribution >= 0.6 is 0 Å². The molecule has 1 fully saturated rings. The van der Waals surface area contributed by atoms with Crippen molar-refractivity contribution in [2.45, 2.75) is 18.6 Å². The third kappa shape index (κ3) is 1.34. The van der Waals surface area contributed by atoms with Gasteiger partial charge in [0.1, 0.15) is 18.0 Å². The van der Waals surface area contributed by atoms with Gasteiger partial charge in [0.2, 0.25) is 0 Å². The predicted octanol–water partition coefficient (Wildman–Crippen LogP) is 3.54. The molecule has 0 bridgehead atoms. The first-order chi connectivity index (χ1) is 8.33. The van der Waals surface area contributed by atoms with Gasteiger partial charge in [0.15, 0.2) is 0 Å². The van der Waals surface area contributed by atoms with Crippen LogP contribution < -0.4 is 0 Å². The number of benzene rings is 2. The van der Waals surface area contributed by atoms with Crippen molar-refractivity contribution in [2.75, 3.05) is 0 Å². The maximum absolute atomic E-state index is 13.3. The Hall–Kier alpha value is -1.67. The van der Waals surface area contributed by atoms with Crippen LogP contribution in [-0.2, 0) is 11.2 Å². The lowest BCUT2D eigenvalue weighted by Gasteiger charge is -2.07. The van der Waals surface area contributed by atoms with E-state index >= 15 is 0 Å². The van der Waals surface area contributed by atoms with Crippen molar-refractivity contribution in [3.63, 3.8) is 0 Å². The number of fused-ring (bicyclic) bond motifs is 5. The average Bonchev–Trinajstić information content (AvgIpc) is 3.11. The van der Waals surface area contributed by atoms with Gasteiger partial charge in [-0.25, -0.2) is 4.39 Å². The minimum Gasteiger partial charge on any atom is -0.359 e. The Kier molecular flexibility index (Phi) is 1.75. The SMILES string of the molecule is Fc1ccc2c(c1)[C@H]1O[C@@H]1c1ccccc1C2. The molecule has 0 amide bonds. The molecule has 0 N–H and O–H groups in total. The van der Waals surface area contributed by atoms with Gasteiger partial charge in [-0.3, -0.25) is 0 Å². The summed E-state index contributed by atoms with van der Waals surface area (Å²) in [7, 11) is 0. The number of epoxide rings is 1. The summed E-state index contributed by atoms with van der Waals surface area (Å²) < 4.78 is 19.0. The Bertz CT molecular complexity index is 606. The zero-order chi connectivity index (χ0) is 11.4. The van der Waals surface area contributed by atoms with E-state index in [4.69, 9.17) is 4.74 Å². The molecule has 0 unspecified atom stereocenters. The zero-order valence-electron chi connectivity index (χ0n) is 9.19. The average molecular weight is 226 g/mol. The molecule has 0 spiro atoms. The van der Waals surface area contributed by atoms with Gasteiger partial charge in [-0.2, -0.15) is 0 Å². The van der Waals surface area contributed by atoms with Crippen molar-refractivity contribution >= 4 is 0 Å². The molecule has 1 saturated heterocycles. The van der Waals surface area contributed by atoms with Gasteiger partial charge in [-0.15, -0.1) is 0 Å². The van der Waals surface area contributed by atoms with E-state index in [1.807, 2.05) is 18.2 Å². The van der Waals surface area contributed by atoms with Crippen molar-refractivity contribution < 1.29 is 9.13 Å². The summed E-state index contributed by atoms with van der Waals surface area (Å²) in [5.74, 6) is -0.177. The van der Waals surface area contributed by atoms with Gasteiger partial charge < -0.3 is 4.74 Å². The first-order valence-corrected chi connectivity index (χ1v) is 5.84. The maximum atomic E-state index is 13.3. The molecule has 2 heteroatoms. The Morgan fingerprint density at radius 1 is 0.941 bits per heavy atom. The Labute approximate surface area is 98.9 Å². The highest BCUT2D eigenvalue weighted by atomic mass is 19.1. The lowest BCUT2D eigenvalue weighted by molar-refractivity contribution is 0.374. The highest BCUT2D eigenvalue weighted by Gasteiger charge is 2.45. The molecule has 0 radical (unpaired) electrons. The van der Waals surface area contributed by atoms with Crippen LogP contribution in [0.4, 0.5) is 4.39 Å². The highest BCUT2D eigenvalue weighted by Crippen LogP contribution is 2.54. The number of halogens is 1. The van der Waals surface area contributed by atoms with E-state index in [1.165, 1.54) is 22.8 Å². The Balaban J connectivity index is 1.92. The molecule has 2 atom stereocenters. The Morgan fingerprint density at radius 2 is 1.71 bits per heavy atom. The highest BCUT2D eigenvalue weighted by molar-refractivity contribution is 5.46. The first-order valence-electron chi connectivity index (χ1n) is 5.84. The minimum atomic E-state index is -0.177. The summed E-state index contributed by atoms with van der Waals surface area (Å²) in [6.45, 7) is 0. The molecule has 0 saturated carbocycles. The monoisotopic (exact) mass is 226 g/mol.